The quantitative estimate of drug-likeness (QED) is 0.914. The molecule has 1 aromatic carbocycles. The van der Waals surface area contributed by atoms with Gasteiger partial charge in [0.1, 0.15) is 0 Å². The van der Waals surface area contributed by atoms with Crippen molar-refractivity contribution in [1.29, 1.82) is 0 Å². The average molecular weight is 302 g/mol. The monoisotopic (exact) mass is 302 g/mol. The first kappa shape index (κ1) is 14.7. The first-order valence-corrected chi connectivity index (χ1v) is 7.89. The van der Waals surface area contributed by atoms with Gasteiger partial charge in [0.05, 0.1) is 17.6 Å². The van der Waals surface area contributed by atoms with Crippen LogP contribution < -0.4 is 5.32 Å². The number of hydrogen-bond acceptors (Lipinski definition) is 4. The summed E-state index contributed by atoms with van der Waals surface area (Å²) in [6.07, 6.45) is 2.69. The van der Waals surface area contributed by atoms with Gasteiger partial charge in [-0.2, -0.15) is 0 Å². The highest BCUT2D eigenvalue weighted by Gasteiger charge is 2.21. The topological polar surface area (TPSA) is 70.2 Å². The smallest absolute Gasteiger partial charge is 0.409 e. The number of aromatic amines is 1. The highest BCUT2D eigenvalue weighted by Crippen LogP contribution is 2.18. The minimum absolute atomic E-state index is 0.202. The summed E-state index contributed by atoms with van der Waals surface area (Å²) in [7, 11) is 0. The SMILES string of the molecule is CCOC(=O)N1CCCC(Nc2nc3ccccc3[nH]2)CC1. The zero-order valence-electron chi connectivity index (χ0n) is 12.8. The molecule has 1 amide bonds. The third-order valence-corrected chi connectivity index (χ3v) is 3.98. The second kappa shape index (κ2) is 6.68. The van der Waals surface area contributed by atoms with Gasteiger partial charge in [0.15, 0.2) is 0 Å². The van der Waals surface area contributed by atoms with Crippen molar-refractivity contribution in [3.8, 4) is 0 Å². The molecule has 0 bridgehead atoms. The van der Waals surface area contributed by atoms with Crippen molar-refractivity contribution in [2.45, 2.75) is 32.2 Å². The lowest BCUT2D eigenvalue weighted by Crippen LogP contribution is -2.33. The number of amides is 1. The molecular formula is C16H22N4O2. The molecule has 1 saturated heterocycles. The van der Waals surface area contributed by atoms with Gasteiger partial charge in [-0.15, -0.1) is 0 Å². The normalized spacial score (nSPS) is 19.0. The second-order valence-electron chi connectivity index (χ2n) is 5.56. The molecule has 118 valence electrons. The minimum atomic E-state index is -0.202. The van der Waals surface area contributed by atoms with Crippen LogP contribution in [-0.4, -0.2) is 46.7 Å². The summed E-state index contributed by atoms with van der Waals surface area (Å²) in [5, 5.41) is 3.46. The summed E-state index contributed by atoms with van der Waals surface area (Å²) in [5.74, 6) is 0.802. The number of likely N-dealkylation sites (tertiary alicyclic amines) is 1. The summed E-state index contributed by atoms with van der Waals surface area (Å²) < 4.78 is 5.08. The average Bonchev–Trinajstić information content (AvgIpc) is 2.77. The third kappa shape index (κ3) is 3.32. The van der Waals surface area contributed by atoms with E-state index in [1.165, 1.54) is 0 Å². The van der Waals surface area contributed by atoms with Gasteiger partial charge >= 0.3 is 6.09 Å². The fourth-order valence-corrected chi connectivity index (χ4v) is 2.85. The van der Waals surface area contributed by atoms with E-state index in [0.29, 0.717) is 12.6 Å². The number of anilines is 1. The van der Waals surface area contributed by atoms with Crippen molar-refractivity contribution in [2.75, 3.05) is 25.0 Å². The highest BCUT2D eigenvalue weighted by molar-refractivity contribution is 5.77. The Labute approximate surface area is 129 Å². The van der Waals surface area contributed by atoms with Crippen molar-refractivity contribution in [3.05, 3.63) is 24.3 Å². The Morgan fingerprint density at radius 2 is 2.27 bits per heavy atom. The van der Waals surface area contributed by atoms with Gasteiger partial charge in [-0.25, -0.2) is 9.78 Å². The lowest BCUT2D eigenvalue weighted by Gasteiger charge is -2.19. The predicted octanol–water partition coefficient (Wildman–Crippen LogP) is 2.99. The maximum atomic E-state index is 11.8. The number of nitrogens with zero attached hydrogens (tertiary/aromatic N) is 2. The molecule has 1 fully saturated rings. The van der Waals surface area contributed by atoms with E-state index in [9.17, 15) is 4.79 Å². The van der Waals surface area contributed by atoms with Crippen LogP contribution in [0.3, 0.4) is 0 Å². The van der Waals surface area contributed by atoms with Crippen molar-refractivity contribution < 1.29 is 9.53 Å². The van der Waals surface area contributed by atoms with Gasteiger partial charge in [-0.05, 0) is 38.3 Å². The molecule has 2 aromatic rings. The first-order chi connectivity index (χ1) is 10.8. The van der Waals surface area contributed by atoms with Gasteiger partial charge in [-0.1, -0.05) is 12.1 Å². The highest BCUT2D eigenvalue weighted by atomic mass is 16.6. The molecule has 1 aliphatic rings. The minimum Gasteiger partial charge on any atom is -0.450 e. The van der Waals surface area contributed by atoms with E-state index >= 15 is 0 Å². The molecule has 1 atom stereocenters. The molecule has 6 nitrogen and oxygen atoms in total. The van der Waals surface area contributed by atoms with Gasteiger partial charge in [0.25, 0.3) is 0 Å². The molecule has 0 saturated carbocycles. The van der Waals surface area contributed by atoms with E-state index in [0.717, 1.165) is 49.3 Å². The number of H-pyrrole nitrogens is 1. The standard InChI is InChI=1S/C16H22N4O2/c1-2-22-16(21)20-10-5-6-12(9-11-20)17-15-18-13-7-3-4-8-14(13)19-15/h3-4,7-8,12H,2,5-6,9-11H2,1H3,(H2,17,18,19). The van der Waals surface area contributed by atoms with Crippen LogP contribution >= 0.6 is 0 Å². The second-order valence-corrected chi connectivity index (χ2v) is 5.56. The molecule has 3 rings (SSSR count). The number of aromatic nitrogens is 2. The largest absolute Gasteiger partial charge is 0.450 e. The Hall–Kier alpha value is -2.24. The van der Waals surface area contributed by atoms with Crippen LogP contribution in [0.2, 0.25) is 0 Å². The number of rotatable bonds is 3. The van der Waals surface area contributed by atoms with Crippen LogP contribution in [0.5, 0.6) is 0 Å². The molecule has 2 N–H and O–H groups in total. The zero-order chi connectivity index (χ0) is 15.4. The number of ether oxygens (including phenoxy) is 1. The summed E-state index contributed by atoms with van der Waals surface area (Å²) in [6, 6.07) is 8.30. The molecule has 1 aliphatic heterocycles. The molecule has 1 unspecified atom stereocenters. The van der Waals surface area contributed by atoms with E-state index in [1.807, 2.05) is 31.2 Å². The van der Waals surface area contributed by atoms with Crippen LogP contribution in [-0.2, 0) is 4.74 Å². The Balaban J connectivity index is 1.60. The summed E-state index contributed by atoms with van der Waals surface area (Å²) in [5.41, 5.74) is 2.00. The molecule has 22 heavy (non-hydrogen) atoms. The molecule has 0 aliphatic carbocycles. The van der Waals surface area contributed by atoms with Crippen molar-refractivity contribution in [2.24, 2.45) is 0 Å². The van der Waals surface area contributed by atoms with Crippen LogP contribution in [0.4, 0.5) is 10.7 Å². The molecule has 6 heteroatoms. The van der Waals surface area contributed by atoms with Gasteiger partial charge in [-0.3, -0.25) is 0 Å². The van der Waals surface area contributed by atoms with E-state index in [-0.39, 0.29) is 6.09 Å². The van der Waals surface area contributed by atoms with Gasteiger partial charge in [0, 0.05) is 19.1 Å². The van der Waals surface area contributed by atoms with Gasteiger partial charge in [0.2, 0.25) is 5.95 Å². The molecule has 0 spiro atoms. The number of fused-ring (bicyclic) bond motifs is 1. The summed E-state index contributed by atoms with van der Waals surface area (Å²) in [6.45, 7) is 3.74. The summed E-state index contributed by atoms with van der Waals surface area (Å²) in [4.78, 5) is 21.4. The molecular weight excluding hydrogens is 280 g/mol. The van der Waals surface area contributed by atoms with E-state index in [1.54, 1.807) is 4.90 Å². The van der Waals surface area contributed by atoms with Crippen LogP contribution in [0.25, 0.3) is 11.0 Å². The fourth-order valence-electron chi connectivity index (χ4n) is 2.85. The molecule has 0 radical (unpaired) electrons. The Kier molecular flexibility index (Phi) is 4.46. The third-order valence-electron chi connectivity index (χ3n) is 3.98. The van der Waals surface area contributed by atoms with Gasteiger partial charge < -0.3 is 19.9 Å². The first-order valence-electron chi connectivity index (χ1n) is 7.89. The lowest BCUT2D eigenvalue weighted by molar-refractivity contribution is 0.108. The number of carbonyl (C=O) groups excluding carboxylic acids is 1. The van der Waals surface area contributed by atoms with Crippen molar-refractivity contribution in [1.82, 2.24) is 14.9 Å². The number of hydrogen-bond donors (Lipinski definition) is 2. The molecule has 1 aromatic heterocycles. The Morgan fingerprint density at radius 3 is 3.09 bits per heavy atom. The fraction of sp³-hybridized carbons (Fsp3) is 0.500. The van der Waals surface area contributed by atoms with Crippen LogP contribution in [0, 0.1) is 0 Å². The number of carbonyl (C=O) groups is 1. The van der Waals surface area contributed by atoms with E-state index < -0.39 is 0 Å². The number of nitrogens with one attached hydrogen (secondary N) is 2. The van der Waals surface area contributed by atoms with Crippen molar-refractivity contribution >= 4 is 23.1 Å². The Bertz CT molecular complexity index is 607. The maximum absolute atomic E-state index is 11.8. The van der Waals surface area contributed by atoms with E-state index in [2.05, 4.69) is 15.3 Å². The number of benzene rings is 1. The van der Waals surface area contributed by atoms with E-state index in [4.69, 9.17) is 4.74 Å². The number of para-hydroxylation sites is 2. The zero-order valence-corrected chi connectivity index (χ0v) is 12.8. The number of imidazole rings is 1. The Morgan fingerprint density at radius 1 is 1.41 bits per heavy atom. The molecule has 2 heterocycles. The van der Waals surface area contributed by atoms with Crippen molar-refractivity contribution in [3.63, 3.8) is 0 Å². The summed E-state index contributed by atoms with van der Waals surface area (Å²) >= 11 is 0. The van der Waals surface area contributed by atoms with Crippen LogP contribution in [0.15, 0.2) is 24.3 Å². The van der Waals surface area contributed by atoms with Crippen LogP contribution in [0.1, 0.15) is 26.2 Å². The lowest BCUT2D eigenvalue weighted by atomic mass is 10.1. The predicted molar refractivity (Wildman–Crippen MR) is 86.0 cm³/mol. The maximum Gasteiger partial charge on any atom is 0.409 e.